The van der Waals surface area contributed by atoms with E-state index in [1.54, 1.807) is 0 Å². The molecule has 2 nitrogen and oxygen atoms in total. The Morgan fingerprint density at radius 2 is 2.00 bits per heavy atom. The minimum Gasteiger partial charge on any atom is -0.450 e. The molecule has 1 aromatic carbocycles. The smallest absolute Gasteiger partial charge is 0.326 e. The fourth-order valence-electron chi connectivity index (χ4n) is 1.38. The molecule has 1 aromatic rings. The molecule has 2 radical (unpaired) electrons. The molecule has 0 unspecified atom stereocenters. The molecule has 0 heterocycles. The topological polar surface area (TPSA) is 32.3 Å². The molecule has 0 spiro atoms. The number of hydrogen-bond acceptors (Lipinski definition) is 2. The van der Waals surface area contributed by atoms with E-state index in [9.17, 15) is 0 Å². The van der Waals surface area contributed by atoms with Crippen LogP contribution in [0.25, 0.3) is 0 Å². The van der Waals surface area contributed by atoms with Crippen LogP contribution >= 0.6 is 0 Å². The number of rotatable bonds is 5. The van der Waals surface area contributed by atoms with E-state index in [-0.39, 0.29) is 0 Å². The molecule has 72 valence electrons. The van der Waals surface area contributed by atoms with Crippen molar-refractivity contribution in [1.82, 2.24) is 5.32 Å². The lowest BCUT2D eigenvalue weighted by molar-refractivity contribution is 0.615. The molecular weight excluding hydrogens is 172 g/mol. The standard InChI is InChI=1S/C10H15B2NO/c1-11-10(13-2)7-8-3-5-9(12-14)6-4-8/h3-6,10,13-14H,7H2,1-2H3/t10-/m0/s1. The average molecular weight is 187 g/mol. The van der Waals surface area contributed by atoms with E-state index in [1.807, 2.05) is 31.3 Å². The Bertz CT molecular complexity index is 259. The van der Waals surface area contributed by atoms with Crippen LogP contribution in [0.15, 0.2) is 24.3 Å². The van der Waals surface area contributed by atoms with Crippen LogP contribution in [0, 0.1) is 0 Å². The first-order valence-corrected chi connectivity index (χ1v) is 4.83. The van der Waals surface area contributed by atoms with E-state index < -0.39 is 0 Å². The molecular formula is C10H15B2NO. The van der Waals surface area contributed by atoms with E-state index in [2.05, 4.69) is 19.4 Å². The Morgan fingerprint density at radius 1 is 1.36 bits per heavy atom. The maximum atomic E-state index is 8.76. The highest BCUT2D eigenvalue weighted by Crippen LogP contribution is 2.01. The van der Waals surface area contributed by atoms with Crippen molar-refractivity contribution in [2.45, 2.75) is 19.2 Å². The van der Waals surface area contributed by atoms with Crippen LogP contribution in [-0.4, -0.2) is 32.8 Å². The van der Waals surface area contributed by atoms with E-state index in [4.69, 9.17) is 5.02 Å². The van der Waals surface area contributed by atoms with Gasteiger partial charge >= 0.3 is 7.48 Å². The minimum absolute atomic E-state index is 0.416. The summed E-state index contributed by atoms with van der Waals surface area (Å²) in [5.74, 6) is 0.416. The number of nitrogens with one attached hydrogen (secondary N) is 1. The molecule has 0 fully saturated rings. The van der Waals surface area contributed by atoms with Crippen molar-refractivity contribution in [3.63, 3.8) is 0 Å². The molecule has 1 atom stereocenters. The Labute approximate surface area is 87.2 Å². The molecule has 14 heavy (non-hydrogen) atoms. The van der Waals surface area contributed by atoms with Crippen molar-refractivity contribution in [2.75, 3.05) is 7.05 Å². The highest BCUT2D eigenvalue weighted by atomic mass is 16.2. The second-order valence-corrected chi connectivity index (χ2v) is 3.30. The lowest BCUT2D eigenvalue weighted by Gasteiger charge is -2.13. The average Bonchev–Trinajstić information content (AvgIpc) is 2.26. The molecule has 1 rings (SSSR count). The summed E-state index contributed by atoms with van der Waals surface area (Å²) in [6.45, 7) is 2.05. The largest absolute Gasteiger partial charge is 0.450 e. The third kappa shape index (κ3) is 3.20. The maximum Gasteiger partial charge on any atom is 0.326 e. The van der Waals surface area contributed by atoms with Crippen LogP contribution in [-0.2, 0) is 6.42 Å². The second kappa shape index (κ2) is 5.89. The zero-order valence-electron chi connectivity index (χ0n) is 8.70. The Hall–Kier alpha value is -0.730. The lowest BCUT2D eigenvalue weighted by atomic mass is 9.70. The lowest BCUT2D eigenvalue weighted by Crippen LogP contribution is -2.32. The molecule has 0 saturated heterocycles. The zero-order chi connectivity index (χ0) is 10.4. The van der Waals surface area contributed by atoms with Crippen molar-refractivity contribution in [3.8, 4) is 0 Å². The molecule has 0 aliphatic rings. The van der Waals surface area contributed by atoms with Gasteiger partial charge in [0.25, 0.3) is 0 Å². The van der Waals surface area contributed by atoms with Gasteiger partial charge in [0.1, 0.15) is 7.28 Å². The first-order chi connectivity index (χ1) is 6.80. The SMILES string of the molecule is C[B][C@H](Cc1ccc([B]O)cc1)NC. The Morgan fingerprint density at radius 3 is 2.43 bits per heavy atom. The van der Waals surface area contributed by atoms with E-state index in [0.29, 0.717) is 5.94 Å². The van der Waals surface area contributed by atoms with Gasteiger partial charge in [0.05, 0.1) is 0 Å². The predicted octanol–water partition coefficient (Wildman–Crippen LogP) is -0.236. The van der Waals surface area contributed by atoms with Gasteiger partial charge in [0.2, 0.25) is 0 Å². The van der Waals surface area contributed by atoms with Gasteiger partial charge in [-0.25, -0.2) is 0 Å². The Balaban J connectivity index is 2.58. The third-order valence-corrected chi connectivity index (χ3v) is 2.36. The Kier molecular flexibility index (Phi) is 4.77. The van der Waals surface area contributed by atoms with Crippen LogP contribution in [0.3, 0.4) is 0 Å². The maximum absolute atomic E-state index is 8.76. The summed E-state index contributed by atoms with van der Waals surface area (Å²) in [5.41, 5.74) is 2.11. The summed E-state index contributed by atoms with van der Waals surface area (Å²) < 4.78 is 0. The number of likely N-dealkylation sites (N-methyl/N-ethyl adjacent to an activating group) is 1. The van der Waals surface area contributed by atoms with Crippen molar-refractivity contribution < 1.29 is 5.02 Å². The monoisotopic (exact) mass is 187 g/mol. The minimum atomic E-state index is 0.416. The van der Waals surface area contributed by atoms with Gasteiger partial charge in [-0.3, -0.25) is 0 Å². The van der Waals surface area contributed by atoms with Gasteiger partial charge < -0.3 is 10.3 Å². The van der Waals surface area contributed by atoms with Gasteiger partial charge in [-0.1, -0.05) is 36.6 Å². The molecule has 0 saturated carbocycles. The summed E-state index contributed by atoms with van der Waals surface area (Å²) in [4.78, 5) is 0. The van der Waals surface area contributed by atoms with Gasteiger partial charge in [0, 0.05) is 0 Å². The summed E-state index contributed by atoms with van der Waals surface area (Å²) in [7, 11) is 5.22. The highest BCUT2D eigenvalue weighted by Gasteiger charge is 2.04. The summed E-state index contributed by atoms with van der Waals surface area (Å²) in [6, 6.07) is 7.90. The van der Waals surface area contributed by atoms with Crippen LogP contribution in [0.1, 0.15) is 5.56 Å². The van der Waals surface area contributed by atoms with Crippen molar-refractivity contribution >= 4 is 20.2 Å². The molecule has 0 bridgehead atoms. The quantitative estimate of drug-likeness (QED) is 0.623. The normalized spacial score (nSPS) is 12.2. The fraction of sp³-hybridized carbons (Fsp3) is 0.400. The van der Waals surface area contributed by atoms with E-state index in [0.717, 1.165) is 19.4 Å². The molecule has 0 aliphatic carbocycles. The molecule has 0 amide bonds. The summed E-state index contributed by atoms with van der Waals surface area (Å²) >= 11 is 0. The summed E-state index contributed by atoms with van der Waals surface area (Å²) in [5, 5.41) is 12.0. The molecule has 0 aliphatic heterocycles. The predicted molar refractivity (Wildman–Crippen MR) is 62.2 cm³/mol. The van der Waals surface area contributed by atoms with Crippen LogP contribution in [0.4, 0.5) is 0 Å². The number of benzene rings is 1. The van der Waals surface area contributed by atoms with Crippen LogP contribution < -0.4 is 10.8 Å². The highest BCUT2D eigenvalue weighted by molar-refractivity contribution is 6.45. The molecule has 2 N–H and O–H groups in total. The third-order valence-electron chi connectivity index (χ3n) is 2.36. The van der Waals surface area contributed by atoms with Crippen molar-refractivity contribution in [3.05, 3.63) is 29.8 Å². The molecule has 4 heteroatoms. The van der Waals surface area contributed by atoms with Crippen LogP contribution in [0.5, 0.6) is 0 Å². The van der Waals surface area contributed by atoms with Gasteiger partial charge in [0.15, 0.2) is 0 Å². The van der Waals surface area contributed by atoms with Gasteiger partial charge in [-0.15, -0.1) is 0 Å². The fourth-order valence-corrected chi connectivity index (χ4v) is 1.38. The molecule has 0 aromatic heterocycles. The number of hydrogen-bond donors (Lipinski definition) is 2. The van der Waals surface area contributed by atoms with Crippen molar-refractivity contribution in [2.24, 2.45) is 0 Å². The van der Waals surface area contributed by atoms with Crippen LogP contribution in [0.2, 0.25) is 6.82 Å². The second-order valence-electron chi connectivity index (χ2n) is 3.30. The van der Waals surface area contributed by atoms with E-state index >= 15 is 0 Å². The first kappa shape index (κ1) is 11.3. The first-order valence-electron chi connectivity index (χ1n) is 4.83. The van der Waals surface area contributed by atoms with Gasteiger partial charge in [-0.2, -0.15) is 0 Å². The summed E-state index contributed by atoms with van der Waals surface area (Å²) in [6.07, 6.45) is 0.985. The van der Waals surface area contributed by atoms with Crippen molar-refractivity contribution in [1.29, 1.82) is 0 Å². The zero-order valence-corrected chi connectivity index (χ0v) is 8.70. The van der Waals surface area contributed by atoms with Gasteiger partial charge in [-0.05, 0) is 25.0 Å². The van der Waals surface area contributed by atoms with E-state index in [1.165, 1.54) is 5.56 Å².